The molecular formula is C19H28N2O2. The molecule has 4 heteroatoms. The van der Waals surface area contributed by atoms with Crippen molar-refractivity contribution in [3.05, 3.63) is 29.8 Å². The molecule has 1 saturated carbocycles. The molecular weight excluding hydrogens is 288 g/mol. The van der Waals surface area contributed by atoms with Gasteiger partial charge < -0.3 is 15.0 Å². The predicted molar refractivity (Wildman–Crippen MR) is 91.5 cm³/mol. The van der Waals surface area contributed by atoms with Crippen LogP contribution in [0.1, 0.15) is 51.5 Å². The normalized spacial score (nSPS) is 23.7. The molecule has 1 saturated heterocycles. The summed E-state index contributed by atoms with van der Waals surface area (Å²) < 4.78 is 5.71. The van der Waals surface area contributed by atoms with E-state index in [-0.39, 0.29) is 12.1 Å². The number of urea groups is 1. The second-order valence-electron chi connectivity index (χ2n) is 7.07. The molecule has 1 aromatic carbocycles. The number of amides is 2. The van der Waals surface area contributed by atoms with E-state index in [1.807, 2.05) is 38.1 Å². The van der Waals surface area contributed by atoms with Crippen LogP contribution in [0.15, 0.2) is 24.3 Å². The molecule has 3 rings (SSSR count). The van der Waals surface area contributed by atoms with Gasteiger partial charge in [-0.15, -0.1) is 0 Å². The SMILES string of the molecule is CC(C)Oc1cccc(CNC(=O)N2CCC3CCCCC32)c1. The minimum atomic E-state index is 0.0922. The lowest BCUT2D eigenvalue weighted by atomic mass is 9.85. The molecule has 1 N–H and O–H groups in total. The van der Waals surface area contributed by atoms with E-state index in [9.17, 15) is 4.79 Å². The summed E-state index contributed by atoms with van der Waals surface area (Å²) in [5, 5.41) is 3.09. The molecule has 0 radical (unpaired) electrons. The summed E-state index contributed by atoms with van der Waals surface area (Å²) in [6.45, 7) is 5.50. The molecule has 2 unspecified atom stereocenters. The summed E-state index contributed by atoms with van der Waals surface area (Å²) >= 11 is 0. The Morgan fingerprint density at radius 3 is 2.96 bits per heavy atom. The number of nitrogens with one attached hydrogen (secondary N) is 1. The highest BCUT2D eigenvalue weighted by molar-refractivity contribution is 5.75. The average Bonchev–Trinajstić information content (AvgIpc) is 2.96. The van der Waals surface area contributed by atoms with Gasteiger partial charge in [0.1, 0.15) is 5.75 Å². The molecule has 1 aliphatic carbocycles. The molecule has 2 atom stereocenters. The van der Waals surface area contributed by atoms with Crippen molar-refractivity contribution in [2.75, 3.05) is 6.54 Å². The molecule has 0 bridgehead atoms. The van der Waals surface area contributed by atoms with Crippen LogP contribution in [0.4, 0.5) is 4.79 Å². The van der Waals surface area contributed by atoms with Crippen LogP contribution in [0.5, 0.6) is 5.75 Å². The van der Waals surface area contributed by atoms with Gasteiger partial charge in [0.2, 0.25) is 0 Å². The van der Waals surface area contributed by atoms with Crippen LogP contribution in [0.25, 0.3) is 0 Å². The first kappa shape index (κ1) is 16.2. The minimum Gasteiger partial charge on any atom is -0.491 e. The Balaban J connectivity index is 1.55. The van der Waals surface area contributed by atoms with Crippen LogP contribution >= 0.6 is 0 Å². The molecule has 0 spiro atoms. The van der Waals surface area contributed by atoms with Gasteiger partial charge in [0, 0.05) is 19.1 Å². The Morgan fingerprint density at radius 1 is 1.30 bits per heavy atom. The van der Waals surface area contributed by atoms with Gasteiger partial charge in [-0.25, -0.2) is 4.79 Å². The topological polar surface area (TPSA) is 41.6 Å². The quantitative estimate of drug-likeness (QED) is 0.914. The Morgan fingerprint density at radius 2 is 2.13 bits per heavy atom. The summed E-state index contributed by atoms with van der Waals surface area (Å²) in [6, 6.07) is 8.54. The molecule has 2 amide bonds. The highest BCUT2D eigenvalue weighted by atomic mass is 16.5. The number of carbonyl (C=O) groups excluding carboxylic acids is 1. The molecule has 1 aromatic rings. The standard InChI is InChI=1S/C19H28N2O2/c1-14(2)23-17-8-5-6-15(12-17)13-20-19(22)21-11-10-16-7-3-4-9-18(16)21/h5-6,8,12,14,16,18H,3-4,7,9-11,13H2,1-2H3,(H,20,22). The van der Waals surface area contributed by atoms with Crippen molar-refractivity contribution >= 4 is 6.03 Å². The monoisotopic (exact) mass is 316 g/mol. The summed E-state index contributed by atoms with van der Waals surface area (Å²) in [4.78, 5) is 14.6. The number of hydrogen-bond acceptors (Lipinski definition) is 2. The van der Waals surface area contributed by atoms with E-state index in [0.29, 0.717) is 12.6 Å². The molecule has 2 aliphatic rings. The molecule has 1 aliphatic heterocycles. The van der Waals surface area contributed by atoms with Crippen molar-refractivity contribution in [3.8, 4) is 5.75 Å². The number of fused-ring (bicyclic) bond motifs is 1. The van der Waals surface area contributed by atoms with Crippen LogP contribution in [0.3, 0.4) is 0 Å². The zero-order chi connectivity index (χ0) is 16.2. The first-order valence-corrected chi connectivity index (χ1v) is 8.93. The summed E-state index contributed by atoms with van der Waals surface area (Å²) in [5.74, 6) is 1.59. The van der Waals surface area contributed by atoms with Gasteiger partial charge in [0.25, 0.3) is 0 Å². The molecule has 23 heavy (non-hydrogen) atoms. The van der Waals surface area contributed by atoms with Crippen molar-refractivity contribution in [2.24, 2.45) is 5.92 Å². The molecule has 4 nitrogen and oxygen atoms in total. The fourth-order valence-electron chi connectivity index (χ4n) is 3.94. The summed E-state index contributed by atoms with van der Waals surface area (Å²) in [7, 11) is 0. The highest BCUT2D eigenvalue weighted by Gasteiger charge is 2.37. The van der Waals surface area contributed by atoms with Gasteiger partial charge in [0.15, 0.2) is 0 Å². The predicted octanol–water partition coefficient (Wildman–Crippen LogP) is 3.95. The number of likely N-dealkylation sites (tertiary alicyclic amines) is 1. The summed E-state index contributed by atoms with van der Waals surface area (Å²) in [6.07, 6.45) is 6.40. The van der Waals surface area contributed by atoms with Gasteiger partial charge >= 0.3 is 6.03 Å². The number of hydrogen-bond donors (Lipinski definition) is 1. The first-order chi connectivity index (χ1) is 11.1. The Bertz CT molecular complexity index is 544. The van der Waals surface area contributed by atoms with E-state index in [4.69, 9.17) is 4.74 Å². The lowest BCUT2D eigenvalue weighted by Gasteiger charge is -2.31. The number of benzene rings is 1. The summed E-state index contributed by atoms with van der Waals surface area (Å²) in [5.41, 5.74) is 1.08. The van der Waals surface area contributed by atoms with Crippen LogP contribution in [-0.2, 0) is 6.54 Å². The highest BCUT2D eigenvalue weighted by Crippen LogP contribution is 2.36. The van der Waals surface area contributed by atoms with E-state index in [2.05, 4.69) is 10.2 Å². The second-order valence-corrected chi connectivity index (χ2v) is 7.07. The van der Waals surface area contributed by atoms with Crippen LogP contribution < -0.4 is 10.1 Å². The largest absolute Gasteiger partial charge is 0.491 e. The van der Waals surface area contributed by atoms with Crippen LogP contribution in [0.2, 0.25) is 0 Å². The zero-order valence-electron chi connectivity index (χ0n) is 14.3. The fourth-order valence-corrected chi connectivity index (χ4v) is 3.94. The van der Waals surface area contributed by atoms with Gasteiger partial charge in [-0.3, -0.25) is 0 Å². The third-order valence-corrected chi connectivity index (χ3v) is 4.98. The molecule has 126 valence electrons. The van der Waals surface area contributed by atoms with Gasteiger partial charge in [0.05, 0.1) is 6.10 Å². The fraction of sp³-hybridized carbons (Fsp3) is 0.632. The maximum Gasteiger partial charge on any atom is 0.317 e. The van der Waals surface area contributed by atoms with Crippen LogP contribution in [0, 0.1) is 5.92 Å². The van der Waals surface area contributed by atoms with Crippen molar-refractivity contribution < 1.29 is 9.53 Å². The maximum atomic E-state index is 12.5. The van der Waals surface area contributed by atoms with Gasteiger partial charge in [-0.1, -0.05) is 25.0 Å². The van der Waals surface area contributed by atoms with E-state index in [0.717, 1.165) is 23.8 Å². The first-order valence-electron chi connectivity index (χ1n) is 8.93. The van der Waals surface area contributed by atoms with Crippen molar-refractivity contribution in [2.45, 2.75) is 64.6 Å². The molecule has 1 heterocycles. The maximum absolute atomic E-state index is 12.5. The second kappa shape index (κ2) is 7.24. The lowest BCUT2D eigenvalue weighted by Crippen LogP contribution is -2.44. The van der Waals surface area contributed by atoms with Crippen molar-refractivity contribution in [1.82, 2.24) is 10.2 Å². The smallest absolute Gasteiger partial charge is 0.317 e. The zero-order valence-corrected chi connectivity index (χ0v) is 14.3. The number of nitrogens with zero attached hydrogens (tertiary/aromatic N) is 1. The average molecular weight is 316 g/mol. The van der Waals surface area contributed by atoms with E-state index >= 15 is 0 Å². The Kier molecular flexibility index (Phi) is 5.09. The molecule has 0 aromatic heterocycles. The minimum absolute atomic E-state index is 0.0922. The third-order valence-electron chi connectivity index (χ3n) is 4.98. The molecule has 2 fully saturated rings. The number of rotatable bonds is 4. The van der Waals surface area contributed by atoms with Crippen LogP contribution in [-0.4, -0.2) is 29.6 Å². The Labute approximate surface area is 139 Å². The van der Waals surface area contributed by atoms with E-state index in [1.165, 1.54) is 32.1 Å². The van der Waals surface area contributed by atoms with E-state index < -0.39 is 0 Å². The van der Waals surface area contributed by atoms with E-state index in [1.54, 1.807) is 0 Å². The Hall–Kier alpha value is -1.71. The lowest BCUT2D eigenvalue weighted by molar-refractivity contribution is 0.169. The van der Waals surface area contributed by atoms with Crippen molar-refractivity contribution in [1.29, 1.82) is 0 Å². The van der Waals surface area contributed by atoms with Gasteiger partial charge in [-0.05, 0) is 56.7 Å². The number of ether oxygens (including phenoxy) is 1. The number of carbonyl (C=O) groups is 1. The third kappa shape index (κ3) is 3.98. The van der Waals surface area contributed by atoms with Gasteiger partial charge in [-0.2, -0.15) is 0 Å². The van der Waals surface area contributed by atoms with Crippen molar-refractivity contribution in [3.63, 3.8) is 0 Å².